The zero-order valence-corrected chi connectivity index (χ0v) is 13.2. The van der Waals surface area contributed by atoms with E-state index in [-0.39, 0.29) is 0 Å². The number of benzene rings is 1. The first-order valence-electron chi connectivity index (χ1n) is 7.76. The Morgan fingerprint density at radius 2 is 1.95 bits per heavy atom. The van der Waals surface area contributed by atoms with Crippen molar-refractivity contribution in [2.45, 2.75) is 38.6 Å². The standard InChI is InChI=1S/C18H23N3O/c1-14-3-8-16(9-4-14)21-18(20-13-19)12-7-15-5-10-17(22-2)11-6-15/h5-7,10-12,14,16H,3-4,8-9H2,1-2H3,(H,20,21)/b12-7+. The maximum absolute atomic E-state index is 8.88. The summed E-state index contributed by atoms with van der Waals surface area (Å²) >= 11 is 0. The zero-order chi connectivity index (χ0) is 15.8. The molecule has 0 radical (unpaired) electrons. The fraction of sp³-hybridized carbons (Fsp3) is 0.444. The van der Waals surface area contributed by atoms with Crippen LogP contribution in [0.1, 0.15) is 38.2 Å². The molecule has 1 aliphatic carbocycles. The van der Waals surface area contributed by atoms with Gasteiger partial charge in [-0.3, -0.25) is 10.3 Å². The van der Waals surface area contributed by atoms with Gasteiger partial charge < -0.3 is 4.74 Å². The molecule has 1 fully saturated rings. The minimum Gasteiger partial charge on any atom is -0.497 e. The second kappa shape index (κ2) is 8.23. The van der Waals surface area contributed by atoms with Gasteiger partial charge in [0.25, 0.3) is 0 Å². The smallest absolute Gasteiger partial charge is 0.182 e. The number of aliphatic imine (C=N–C) groups is 1. The summed E-state index contributed by atoms with van der Waals surface area (Å²) in [6, 6.07) is 8.10. The molecule has 0 heterocycles. The molecule has 0 amide bonds. The first-order valence-corrected chi connectivity index (χ1v) is 7.76. The molecule has 1 saturated carbocycles. The van der Waals surface area contributed by atoms with E-state index in [9.17, 15) is 0 Å². The number of nitrogens with one attached hydrogen (secondary N) is 1. The van der Waals surface area contributed by atoms with E-state index in [1.54, 1.807) is 7.11 Å². The van der Waals surface area contributed by atoms with Crippen LogP contribution in [0, 0.1) is 17.4 Å². The van der Waals surface area contributed by atoms with Gasteiger partial charge in [-0.1, -0.05) is 25.1 Å². The number of nitriles is 1. The lowest BCUT2D eigenvalue weighted by atomic mass is 9.88. The third kappa shape index (κ3) is 4.92. The second-order valence-electron chi connectivity index (χ2n) is 5.77. The van der Waals surface area contributed by atoms with Crippen LogP contribution in [-0.4, -0.2) is 19.0 Å². The van der Waals surface area contributed by atoms with E-state index in [2.05, 4.69) is 17.2 Å². The van der Waals surface area contributed by atoms with Crippen molar-refractivity contribution in [3.05, 3.63) is 35.9 Å². The van der Waals surface area contributed by atoms with Gasteiger partial charge in [-0.15, -0.1) is 0 Å². The monoisotopic (exact) mass is 297 g/mol. The Morgan fingerprint density at radius 1 is 1.27 bits per heavy atom. The van der Waals surface area contributed by atoms with Crippen molar-refractivity contribution in [2.75, 3.05) is 7.11 Å². The summed E-state index contributed by atoms with van der Waals surface area (Å²) in [5.41, 5.74) is 1.05. The highest BCUT2D eigenvalue weighted by Gasteiger charge is 2.17. The maximum Gasteiger partial charge on any atom is 0.182 e. The molecule has 1 N–H and O–H groups in total. The normalized spacial score (nSPS) is 22.3. The molecule has 1 aromatic carbocycles. The molecule has 1 aromatic rings. The molecule has 0 atom stereocenters. The van der Waals surface area contributed by atoms with Crippen LogP contribution in [0.4, 0.5) is 0 Å². The number of rotatable bonds is 4. The SMILES string of the molecule is COc1ccc(/C=C/C(=NC2CCC(C)CC2)NC#N)cc1. The quantitative estimate of drug-likeness (QED) is 0.398. The highest BCUT2D eigenvalue weighted by molar-refractivity contribution is 5.97. The summed E-state index contributed by atoms with van der Waals surface area (Å²) < 4.78 is 5.14. The average molecular weight is 297 g/mol. The Bertz CT molecular complexity index is 561. The number of ether oxygens (including phenoxy) is 1. The number of amidine groups is 1. The fourth-order valence-electron chi connectivity index (χ4n) is 2.63. The number of hydrogen-bond acceptors (Lipinski definition) is 3. The van der Waals surface area contributed by atoms with Crippen molar-refractivity contribution in [1.29, 1.82) is 5.26 Å². The summed E-state index contributed by atoms with van der Waals surface area (Å²) in [4.78, 5) is 4.68. The van der Waals surface area contributed by atoms with Crippen LogP contribution in [0.2, 0.25) is 0 Å². The molecule has 4 nitrogen and oxygen atoms in total. The van der Waals surface area contributed by atoms with Crippen LogP contribution >= 0.6 is 0 Å². The largest absolute Gasteiger partial charge is 0.497 e. The second-order valence-corrected chi connectivity index (χ2v) is 5.77. The van der Waals surface area contributed by atoms with E-state index in [0.29, 0.717) is 11.9 Å². The van der Waals surface area contributed by atoms with Gasteiger partial charge in [0.05, 0.1) is 13.2 Å². The third-order valence-electron chi connectivity index (χ3n) is 4.04. The summed E-state index contributed by atoms with van der Waals surface area (Å²) in [6.07, 6.45) is 10.4. The Balaban J connectivity index is 2.03. The highest BCUT2D eigenvalue weighted by Crippen LogP contribution is 2.25. The van der Waals surface area contributed by atoms with Gasteiger partial charge in [0, 0.05) is 0 Å². The molecule has 2 rings (SSSR count). The van der Waals surface area contributed by atoms with Crippen molar-refractivity contribution < 1.29 is 4.74 Å². The summed E-state index contributed by atoms with van der Waals surface area (Å²) in [5, 5.41) is 11.6. The molecule has 0 aliphatic heterocycles. The molecule has 116 valence electrons. The van der Waals surface area contributed by atoms with E-state index < -0.39 is 0 Å². The van der Waals surface area contributed by atoms with E-state index in [0.717, 1.165) is 30.1 Å². The lowest BCUT2D eigenvalue weighted by molar-refractivity contribution is 0.349. The van der Waals surface area contributed by atoms with Gasteiger partial charge in [0.15, 0.2) is 6.19 Å². The maximum atomic E-state index is 8.88. The lowest BCUT2D eigenvalue weighted by Gasteiger charge is -2.23. The Labute approximate surface area is 132 Å². The number of hydrogen-bond donors (Lipinski definition) is 1. The van der Waals surface area contributed by atoms with Crippen LogP contribution in [0.25, 0.3) is 6.08 Å². The van der Waals surface area contributed by atoms with Crippen molar-refractivity contribution >= 4 is 11.9 Å². The van der Waals surface area contributed by atoms with Gasteiger partial charge >= 0.3 is 0 Å². The molecule has 4 heteroatoms. The van der Waals surface area contributed by atoms with Gasteiger partial charge in [-0.25, -0.2) is 0 Å². The van der Waals surface area contributed by atoms with E-state index in [4.69, 9.17) is 10.00 Å². The first-order chi connectivity index (χ1) is 10.7. The van der Waals surface area contributed by atoms with Gasteiger partial charge in [0.1, 0.15) is 11.6 Å². The Morgan fingerprint density at radius 3 is 2.55 bits per heavy atom. The van der Waals surface area contributed by atoms with E-state index >= 15 is 0 Å². The molecular formula is C18H23N3O. The Kier molecular flexibility index (Phi) is 6.02. The summed E-state index contributed by atoms with van der Waals surface area (Å²) in [5.74, 6) is 2.27. The summed E-state index contributed by atoms with van der Waals surface area (Å²) in [6.45, 7) is 2.29. The molecule has 22 heavy (non-hydrogen) atoms. The van der Waals surface area contributed by atoms with Gasteiger partial charge in [-0.05, 0) is 55.4 Å². The van der Waals surface area contributed by atoms with Crippen molar-refractivity contribution in [3.63, 3.8) is 0 Å². The third-order valence-corrected chi connectivity index (χ3v) is 4.04. The topological polar surface area (TPSA) is 57.4 Å². The molecule has 1 aliphatic rings. The molecule has 0 saturated heterocycles. The van der Waals surface area contributed by atoms with Crippen LogP contribution in [0.15, 0.2) is 35.3 Å². The minimum atomic E-state index is 0.326. The number of methoxy groups -OCH3 is 1. The van der Waals surface area contributed by atoms with Crippen molar-refractivity contribution in [3.8, 4) is 11.9 Å². The molecule has 0 spiro atoms. The van der Waals surface area contributed by atoms with Crippen LogP contribution in [-0.2, 0) is 0 Å². The summed E-state index contributed by atoms with van der Waals surface area (Å²) in [7, 11) is 1.65. The molecule has 0 bridgehead atoms. The van der Waals surface area contributed by atoms with E-state index in [1.807, 2.05) is 42.6 Å². The predicted octanol–water partition coefficient (Wildman–Crippen LogP) is 3.76. The van der Waals surface area contributed by atoms with Crippen LogP contribution in [0.3, 0.4) is 0 Å². The fourth-order valence-corrected chi connectivity index (χ4v) is 2.63. The minimum absolute atomic E-state index is 0.326. The van der Waals surface area contributed by atoms with Crippen LogP contribution < -0.4 is 10.1 Å². The van der Waals surface area contributed by atoms with Gasteiger partial charge in [-0.2, -0.15) is 5.26 Å². The molecule has 0 aromatic heterocycles. The highest BCUT2D eigenvalue weighted by atomic mass is 16.5. The number of nitrogens with zero attached hydrogens (tertiary/aromatic N) is 2. The molecular weight excluding hydrogens is 274 g/mol. The molecule has 0 unspecified atom stereocenters. The van der Waals surface area contributed by atoms with Crippen molar-refractivity contribution in [1.82, 2.24) is 5.32 Å². The Hall–Kier alpha value is -2.28. The van der Waals surface area contributed by atoms with Crippen molar-refractivity contribution in [2.24, 2.45) is 10.9 Å². The van der Waals surface area contributed by atoms with E-state index in [1.165, 1.54) is 12.8 Å². The average Bonchev–Trinajstić information content (AvgIpc) is 2.55. The zero-order valence-electron chi connectivity index (χ0n) is 13.2. The lowest BCUT2D eigenvalue weighted by Crippen LogP contribution is -2.22. The van der Waals surface area contributed by atoms with Crippen LogP contribution in [0.5, 0.6) is 5.75 Å². The first kappa shape index (κ1) is 16.1. The predicted molar refractivity (Wildman–Crippen MR) is 89.6 cm³/mol. The van der Waals surface area contributed by atoms with Gasteiger partial charge in [0.2, 0.25) is 0 Å².